The van der Waals surface area contributed by atoms with Crippen LogP contribution in [0, 0.1) is 0 Å². The Bertz CT molecular complexity index is 1760. The second kappa shape index (κ2) is 10.4. The zero-order chi connectivity index (χ0) is 28.9. The van der Waals surface area contributed by atoms with E-state index in [2.05, 4.69) is 76.3 Å². The molecule has 0 unspecified atom stereocenters. The molecule has 0 aliphatic heterocycles. The fourth-order valence-electron chi connectivity index (χ4n) is 5.90. The average molecular weight is 565 g/mol. The van der Waals surface area contributed by atoms with E-state index >= 15 is 0 Å². The Hall–Kier alpha value is -3.55. The van der Waals surface area contributed by atoms with Gasteiger partial charge < -0.3 is 4.43 Å². The molecule has 0 amide bonds. The van der Waals surface area contributed by atoms with Crippen LogP contribution in [0.3, 0.4) is 0 Å². The van der Waals surface area contributed by atoms with Gasteiger partial charge in [-0.05, 0) is 67.6 Å². The summed E-state index contributed by atoms with van der Waals surface area (Å²) < 4.78 is 10.5. The summed E-state index contributed by atoms with van der Waals surface area (Å²) in [5.41, 5.74) is 6.92. The van der Waals surface area contributed by atoms with Crippen LogP contribution in [0.5, 0.6) is 0 Å². The minimum absolute atomic E-state index is 0.0300. The first-order valence-electron chi connectivity index (χ1n) is 14.7. The Morgan fingerprint density at radius 1 is 0.854 bits per heavy atom. The molecule has 5 aromatic rings. The van der Waals surface area contributed by atoms with Gasteiger partial charge in [-0.1, -0.05) is 63.2 Å². The number of fused-ring (bicyclic) bond motifs is 3. The van der Waals surface area contributed by atoms with E-state index in [4.69, 9.17) is 14.4 Å². The average Bonchev–Trinajstić information content (AvgIpc) is 3.23. The topological polar surface area (TPSA) is 61.9 Å². The molecule has 1 aliphatic carbocycles. The molecule has 212 valence electrons. The first-order valence-corrected chi connectivity index (χ1v) is 17.6. The number of hydrogen-bond acceptors (Lipinski definition) is 4. The molecule has 6 nitrogen and oxygen atoms in total. The Balaban J connectivity index is 1.35. The molecule has 1 saturated carbocycles. The number of hydrogen-bond donors (Lipinski definition) is 0. The summed E-state index contributed by atoms with van der Waals surface area (Å²) >= 11 is 0. The fraction of sp³-hybridized carbons (Fsp3) is 0.382. The van der Waals surface area contributed by atoms with E-state index in [1.165, 1.54) is 0 Å². The second-order valence-corrected chi connectivity index (χ2v) is 17.8. The number of nitrogens with zero attached hydrogens (tertiary/aromatic N) is 4. The van der Waals surface area contributed by atoms with E-state index in [0.717, 1.165) is 70.0 Å². The van der Waals surface area contributed by atoms with Crippen molar-refractivity contribution in [2.45, 2.75) is 76.7 Å². The van der Waals surface area contributed by atoms with Crippen LogP contribution in [-0.4, -0.2) is 33.5 Å². The molecule has 0 atom stereocenters. The van der Waals surface area contributed by atoms with Crippen molar-refractivity contribution in [3.63, 3.8) is 0 Å². The second-order valence-electron chi connectivity index (χ2n) is 13.0. The molecule has 3 aromatic heterocycles. The molecule has 3 heterocycles. The quantitative estimate of drug-likeness (QED) is 0.202. The summed E-state index contributed by atoms with van der Waals surface area (Å²) in [6, 6.07) is 20.9. The van der Waals surface area contributed by atoms with Crippen molar-refractivity contribution in [1.82, 2.24) is 19.1 Å². The number of aromatic nitrogens is 4. The Morgan fingerprint density at radius 2 is 1.56 bits per heavy atom. The highest BCUT2D eigenvalue weighted by atomic mass is 28.4. The van der Waals surface area contributed by atoms with Gasteiger partial charge in [0.1, 0.15) is 0 Å². The molecule has 6 rings (SSSR count). The predicted octanol–water partition coefficient (Wildman–Crippen LogP) is 8.12. The minimum atomic E-state index is -1.83. The molecule has 41 heavy (non-hydrogen) atoms. The van der Waals surface area contributed by atoms with Crippen LogP contribution in [0.4, 0.5) is 0 Å². The van der Waals surface area contributed by atoms with Crippen LogP contribution in [0.2, 0.25) is 18.1 Å². The molecule has 0 N–H and O–H groups in total. The molecule has 0 radical (unpaired) electrons. The third-order valence-electron chi connectivity index (χ3n) is 9.36. The van der Waals surface area contributed by atoms with E-state index in [1.807, 2.05) is 42.2 Å². The summed E-state index contributed by atoms with van der Waals surface area (Å²) in [6.45, 7) is 11.5. The summed E-state index contributed by atoms with van der Waals surface area (Å²) in [7, 11) is 0.0301. The highest BCUT2D eigenvalue weighted by Crippen LogP contribution is 2.41. The highest BCUT2D eigenvalue weighted by molar-refractivity contribution is 6.74. The first kappa shape index (κ1) is 27.6. The zero-order valence-electron chi connectivity index (χ0n) is 25.0. The van der Waals surface area contributed by atoms with Crippen molar-refractivity contribution < 1.29 is 4.43 Å². The lowest BCUT2D eigenvalue weighted by Gasteiger charge is -2.41. The predicted molar refractivity (Wildman–Crippen MR) is 171 cm³/mol. The van der Waals surface area contributed by atoms with Gasteiger partial charge >= 0.3 is 5.69 Å². The van der Waals surface area contributed by atoms with Gasteiger partial charge in [0.25, 0.3) is 0 Å². The van der Waals surface area contributed by atoms with Crippen LogP contribution in [0.15, 0.2) is 77.9 Å². The van der Waals surface area contributed by atoms with Crippen molar-refractivity contribution >= 4 is 30.3 Å². The van der Waals surface area contributed by atoms with Crippen LogP contribution >= 0.6 is 0 Å². The van der Waals surface area contributed by atoms with Gasteiger partial charge in [0.2, 0.25) is 0 Å². The monoisotopic (exact) mass is 564 g/mol. The number of benzene rings is 2. The maximum absolute atomic E-state index is 13.7. The number of pyridine rings is 2. The van der Waals surface area contributed by atoms with E-state index < -0.39 is 8.32 Å². The molecule has 0 saturated heterocycles. The van der Waals surface area contributed by atoms with Crippen molar-refractivity contribution in [2.75, 3.05) is 0 Å². The van der Waals surface area contributed by atoms with Gasteiger partial charge in [-0.15, -0.1) is 0 Å². The highest BCUT2D eigenvalue weighted by Gasteiger charge is 2.40. The SMILES string of the molecule is Cn1c(=O)n(C2CCC(O[Si](C)(C)C(C)(C)C)CC2)c2c3cc(-c4ccc(-c5ccccc5)nc4)ccc3ncc21. The molecule has 0 spiro atoms. The van der Waals surface area contributed by atoms with E-state index in [1.54, 1.807) is 4.57 Å². The molecule has 2 aromatic carbocycles. The van der Waals surface area contributed by atoms with Gasteiger partial charge in [0, 0.05) is 41.9 Å². The third-order valence-corrected chi connectivity index (χ3v) is 13.9. The lowest BCUT2D eigenvalue weighted by molar-refractivity contribution is 0.118. The number of rotatable bonds is 5. The first-order chi connectivity index (χ1) is 19.5. The summed E-state index contributed by atoms with van der Waals surface area (Å²) in [4.78, 5) is 23.1. The molecule has 0 bridgehead atoms. The van der Waals surface area contributed by atoms with Crippen molar-refractivity contribution in [3.05, 3.63) is 83.5 Å². The van der Waals surface area contributed by atoms with Crippen LogP contribution < -0.4 is 5.69 Å². The zero-order valence-corrected chi connectivity index (χ0v) is 26.0. The Kier molecular flexibility index (Phi) is 6.98. The molecule has 1 fully saturated rings. The van der Waals surface area contributed by atoms with Gasteiger partial charge in [-0.25, -0.2) is 4.79 Å². The molecule has 7 heteroatoms. The number of imidazole rings is 1. The molecular weight excluding hydrogens is 524 g/mol. The largest absolute Gasteiger partial charge is 0.414 e. The van der Waals surface area contributed by atoms with E-state index in [0.29, 0.717) is 0 Å². The third kappa shape index (κ3) is 5.06. The normalized spacial score (nSPS) is 18.3. The maximum Gasteiger partial charge on any atom is 0.329 e. The standard InChI is InChI=1S/C34H40N4O2Si/c1-34(2,3)41(5,6)40-27-16-14-26(15-17-27)38-32-28-20-24(12-19-30(28)36-22-31(32)37(4)33(38)39)25-13-18-29(35-21-25)23-10-8-7-9-11-23/h7-13,18-22,26-27H,14-17H2,1-6H3. The lowest BCUT2D eigenvalue weighted by atomic mass is 9.92. The van der Waals surface area contributed by atoms with Gasteiger partial charge in [0.15, 0.2) is 8.32 Å². The summed E-state index contributed by atoms with van der Waals surface area (Å²) in [5.74, 6) is 0. The van der Waals surface area contributed by atoms with Gasteiger partial charge in [-0.2, -0.15) is 0 Å². The minimum Gasteiger partial charge on any atom is -0.414 e. The summed E-state index contributed by atoms with van der Waals surface area (Å²) in [6.07, 6.45) is 7.88. The summed E-state index contributed by atoms with van der Waals surface area (Å²) in [5, 5.41) is 1.20. The fourth-order valence-corrected chi connectivity index (χ4v) is 7.33. The Labute approximate surface area is 243 Å². The van der Waals surface area contributed by atoms with Crippen molar-refractivity contribution in [1.29, 1.82) is 0 Å². The Morgan fingerprint density at radius 3 is 2.22 bits per heavy atom. The van der Waals surface area contributed by atoms with Crippen LogP contribution in [0.25, 0.3) is 44.3 Å². The smallest absolute Gasteiger partial charge is 0.329 e. The van der Waals surface area contributed by atoms with Crippen molar-refractivity contribution in [2.24, 2.45) is 7.05 Å². The molecule has 1 aliphatic rings. The van der Waals surface area contributed by atoms with Gasteiger partial charge in [0.05, 0.1) is 28.4 Å². The lowest BCUT2D eigenvalue weighted by Crippen LogP contribution is -2.45. The molecular formula is C34H40N4O2Si. The van der Waals surface area contributed by atoms with E-state index in [9.17, 15) is 4.79 Å². The van der Waals surface area contributed by atoms with Crippen molar-refractivity contribution in [3.8, 4) is 22.4 Å². The van der Waals surface area contributed by atoms with Crippen LogP contribution in [0.1, 0.15) is 52.5 Å². The number of aryl methyl sites for hydroxylation is 1. The van der Waals surface area contributed by atoms with Crippen LogP contribution in [-0.2, 0) is 11.5 Å². The van der Waals surface area contributed by atoms with E-state index in [-0.39, 0.29) is 22.9 Å². The van der Waals surface area contributed by atoms with Gasteiger partial charge in [-0.3, -0.25) is 19.1 Å². The maximum atomic E-state index is 13.7.